The molecule has 0 aromatic heterocycles. The Bertz CT molecular complexity index is 948. The van der Waals surface area contributed by atoms with E-state index < -0.39 is 16.1 Å². The Labute approximate surface area is 188 Å². The summed E-state index contributed by atoms with van der Waals surface area (Å²) in [6.45, 7) is 4.01. The molecular formula is C22H29N3O4S2. The summed E-state index contributed by atoms with van der Waals surface area (Å²) in [5.74, 6) is 0.295. The monoisotopic (exact) mass is 463 g/mol. The molecule has 2 aromatic rings. The van der Waals surface area contributed by atoms with E-state index in [0.29, 0.717) is 17.9 Å². The first-order chi connectivity index (χ1) is 15.0. The van der Waals surface area contributed by atoms with Gasteiger partial charge in [-0.05, 0) is 48.3 Å². The third-order valence-corrected chi connectivity index (χ3v) is 7.11. The van der Waals surface area contributed by atoms with Gasteiger partial charge in [0, 0.05) is 25.3 Å². The van der Waals surface area contributed by atoms with Crippen molar-refractivity contribution in [2.24, 2.45) is 0 Å². The van der Waals surface area contributed by atoms with E-state index in [2.05, 4.69) is 14.9 Å². The van der Waals surface area contributed by atoms with E-state index in [1.54, 1.807) is 30.0 Å². The number of thioether (sulfide) groups is 1. The molecule has 7 nitrogen and oxygen atoms in total. The van der Waals surface area contributed by atoms with Gasteiger partial charge in [0.15, 0.2) is 0 Å². The molecule has 2 N–H and O–H groups in total. The number of hydrogen-bond donors (Lipinski definition) is 2. The topological polar surface area (TPSA) is 87.7 Å². The zero-order chi connectivity index (χ0) is 22.1. The lowest BCUT2D eigenvalue weighted by Crippen LogP contribution is -2.44. The van der Waals surface area contributed by atoms with Crippen LogP contribution in [-0.2, 0) is 26.1 Å². The number of benzene rings is 2. The van der Waals surface area contributed by atoms with Gasteiger partial charge in [0.05, 0.1) is 18.1 Å². The molecule has 0 radical (unpaired) electrons. The highest BCUT2D eigenvalue weighted by molar-refractivity contribution is 7.98. The minimum absolute atomic E-state index is 0.143. The Morgan fingerprint density at radius 1 is 1.13 bits per heavy atom. The first kappa shape index (κ1) is 23.7. The first-order valence-electron chi connectivity index (χ1n) is 10.2. The number of ether oxygens (including phenoxy) is 1. The second kappa shape index (κ2) is 11.6. The van der Waals surface area contributed by atoms with E-state index in [1.165, 1.54) is 12.1 Å². The molecule has 31 heavy (non-hydrogen) atoms. The van der Waals surface area contributed by atoms with Gasteiger partial charge in [0.25, 0.3) is 0 Å². The first-order valence-corrected chi connectivity index (χ1v) is 13.1. The maximum absolute atomic E-state index is 13.0. The zero-order valence-electron chi connectivity index (χ0n) is 17.6. The summed E-state index contributed by atoms with van der Waals surface area (Å²) in [5.41, 5.74) is 1.74. The molecule has 1 unspecified atom stereocenters. The van der Waals surface area contributed by atoms with Crippen LogP contribution < -0.4 is 10.0 Å². The molecule has 3 rings (SSSR count). The molecule has 1 atom stereocenters. The molecule has 0 spiro atoms. The van der Waals surface area contributed by atoms with Crippen LogP contribution >= 0.6 is 11.8 Å². The van der Waals surface area contributed by atoms with Crippen LogP contribution in [0.1, 0.15) is 12.0 Å². The van der Waals surface area contributed by atoms with Gasteiger partial charge in [-0.25, -0.2) is 8.42 Å². The molecule has 0 bridgehead atoms. The van der Waals surface area contributed by atoms with Crippen molar-refractivity contribution in [1.82, 2.24) is 9.62 Å². The molecule has 1 heterocycles. The predicted molar refractivity (Wildman–Crippen MR) is 125 cm³/mol. The number of rotatable bonds is 10. The number of carbonyl (C=O) groups is 1. The number of amides is 1. The van der Waals surface area contributed by atoms with Crippen molar-refractivity contribution in [1.29, 1.82) is 0 Å². The minimum Gasteiger partial charge on any atom is -0.379 e. The van der Waals surface area contributed by atoms with Crippen LogP contribution in [0.25, 0.3) is 0 Å². The van der Waals surface area contributed by atoms with Gasteiger partial charge in [-0.2, -0.15) is 16.5 Å². The minimum atomic E-state index is -3.79. The largest absolute Gasteiger partial charge is 0.379 e. The lowest BCUT2D eigenvalue weighted by atomic mass is 10.1. The average molecular weight is 464 g/mol. The summed E-state index contributed by atoms with van der Waals surface area (Å²) in [5, 5.41) is 2.88. The molecule has 2 aromatic carbocycles. The molecule has 0 saturated carbocycles. The van der Waals surface area contributed by atoms with E-state index in [9.17, 15) is 13.2 Å². The Balaban J connectivity index is 1.68. The van der Waals surface area contributed by atoms with E-state index >= 15 is 0 Å². The second-order valence-electron chi connectivity index (χ2n) is 7.35. The van der Waals surface area contributed by atoms with Crippen LogP contribution in [0.5, 0.6) is 0 Å². The van der Waals surface area contributed by atoms with Gasteiger partial charge in [-0.1, -0.05) is 30.3 Å². The number of morpholine rings is 1. The van der Waals surface area contributed by atoms with Gasteiger partial charge >= 0.3 is 0 Å². The van der Waals surface area contributed by atoms with Crippen molar-refractivity contribution < 1.29 is 17.9 Å². The van der Waals surface area contributed by atoms with Crippen LogP contribution in [0.3, 0.4) is 0 Å². The average Bonchev–Trinajstić information content (AvgIpc) is 2.78. The van der Waals surface area contributed by atoms with E-state index in [1.807, 2.05) is 30.5 Å². The van der Waals surface area contributed by atoms with E-state index in [4.69, 9.17) is 4.74 Å². The van der Waals surface area contributed by atoms with Crippen LogP contribution in [0.15, 0.2) is 59.5 Å². The molecule has 1 aliphatic rings. The summed E-state index contributed by atoms with van der Waals surface area (Å²) in [4.78, 5) is 15.4. The lowest BCUT2D eigenvalue weighted by Gasteiger charge is -2.26. The standard InChI is InChI=1S/C22H29N3O4S2/c1-30-15-10-21(24-31(27,28)20-8-3-2-4-9-20)22(26)23-19-7-5-6-18(16-19)17-25-11-13-29-14-12-25/h2-9,16,21,24H,10-15,17H2,1H3,(H,23,26). The maximum Gasteiger partial charge on any atom is 0.242 e. The van der Waals surface area contributed by atoms with Crippen molar-refractivity contribution in [3.63, 3.8) is 0 Å². The van der Waals surface area contributed by atoms with Gasteiger partial charge < -0.3 is 10.1 Å². The Morgan fingerprint density at radius 2 is 1.87 bits per heavy atom. The van der Waals surface area contributed by atoms with Crippen LogP contribution in [0.2, 0.25) is 0 Å². The highest BCUT2D eigenvalue weighted by Crippen LogP contribution is 2.16. The van der Waals surface area contributed by atoms with E-state index in [0.717, 1.165) is 38.4 Å². The molecule has 168 valence electrons. The summed E-state index contributed by atoms with van der Waals surface area (Å²) in [6, 6.07) is 14.9. The molecular weight excluding hydrogens is 434 g/mol. The van der Waals surface area contributed by atoms with E-state index in [-0.39, 0.29) is 10.8 Å². The number of nitrogens with one attached hydrogen (secondary N) is 2. The number of nitrogens with zero attached hydrogens (tertiary/aromatic N) is 1. The third-order valence-electron chi connectivity index (χ3n) is 4.98. The molecule has 1 saturated heterocycles. The lowest BCUT2D eigenvalue weighted by molar-refractivity contribution is -0.117. The third kappa shape index (κ3) is 7.33. The van der Waals surface area contributed by atoms with Gasteiger partial charge in [-0.15, -0.1) is 0 Å². The smallest absolute Gasteiger partial charge is 0.242 e. The molecule has 1 amide bonds. The maximum atomic E-state index is 13.0. The van der Waals surface area contributed by atoms with Gasteiger partial charge in [0.1, 0.15) is 6.04 Å². The fourth-order valence-corrected chi connectivity index (χ4v) is 5.05. The Morgan fingerprint density at radius 3 is 2.58 bits per heavy atom. The van der Waals surface area contributed by atoms with Crippen molar-refractivity contribution >= 4 is 33.4 Å². The molecule has 1 aliphatic heterocycles. The fraction of sp³-hybridized carbons (Fsp3) is 0.409. The number of hydrogen-bond acceptors (Lipinski definition) is 6. The molecule has 1 fully saturated rings. The highest BCUT2D eigenvalue weighted by Gasteiger charge is 2.25. The van der Waals surface area contributed by atoms with Gasteiger partial charge in [-0.3, -0.25) is 9.69 Å². The highest BCUT2D eigenvalue weighted by atomic mass is 32.2. The number of carbonyl (C=O) groups excluding carboxylic acids is 1. The summed E-state index contributed by atoms with van der Waals surface area (Å²) < 4.78 is 33.4. The number of sulfonamides is 1. The van der Waals surface area contributed by atoms with Gasteiger partial charge in [0.2, 0.25) is 15.9 Å². The van der Waals surface area contributed by atoms with Crippen LogP contribution in [0.4, 0.5) is 5.69 Å². The quantitative estimate of drug-likeness (QED) is 0.563. The van der Waals surface area contributed by atoms with Crippen LogP contribution in [-0.4, -0.2) is 63.6 Å². The van der Waals surface area contributed by atoms with Crippen molar-refractivity contribution in [2.75, 3.05) is 43.6 Å². The summed E-state index contributed by atoms with van der Waals surface area (Å²) in [7, 11) is -3.79. The normalized spacial score (nSPS) is 16.0. The van der Waals surface area contributed by atoms with Crippen molar-refractivity contribution in [3.8, 4) is 0 Å². The Hall–Kier alpha value is -1.91. The summed E-state index contributed by atoms with van der Waals surface area (Å²) >= 11 is 1.57. The second-order valence-corrected chi connectivity index (χ2v) is 10.0. The Kier molecular flexibility index (Phi) is 8.91. The summed E-state index contributed by atoms with van der Waals surface area (Å²) in [6.07, 6.45) is 2.32. The zero-order valence-corrected chi connectivity index (χ0v) is 19.3. The van der Waals surface area contributed by atoms with Crippen molar-refractivity contribution in [3.05, 3.63) is 60.2 Å². The molecule has 9 heteroatoms. The predicted octanol–water partition coefficient (Wildman–Crippen LogP) is 2.56. The van der Waals surface area contributed by atoms with Crippen molar-refractivity contribution in [2.45, 2.75) is 23.9 Å². The molecule has 0 aliphatic carbocycles. The fourth-order valence-electron chi connectivity index (χ4n) is 3.33. The van der Waals surface area contributed by atoms with Crippen LogP contribution in [0, 0.1) is 0 Å². The SMILES string of the molecule is CSCCC(NS(=O)(=O)c1ccccc1)C(=O)Nc1cccc(CN2CCOCC2)c1. The number of anilines is 1.